The molecule has 0 radical (unpaired) electrons. The average molecular weight is 447 g/mol. The minimum absolute atomic E-state index is 0.271. The molecule has 0 spiro atoms. The topological polar surface area (TPSA) is 9.23 Å². The van der Waals surface area contributed by atoms with E-state index in [2.05, 4.69) is 31.7 Å². The molecular weight excluding hydrogens is 414 g/mol. The largest absolute Gasteiger partial charge is 0.377 e. The van der Waals surface area contributed by atoms with Gasteiger partial charge in [0.15, 0.2) is 0 Å². The van der Waals surface area contributed by atoms with Gasteiger partial charge in [0, 0.05) is 17.7 Å². The van der Waals surface area contributed by atoms with Crippen LogP contribution in [0.1, 0.15) is 56.1 Å². The fourth-order valence-electron chi connectivity index (χ4n) is 4.73. The molecule has 0 aromatic heterocycles. The molecule has 0 aliphatic heterocycles. The van der Waals surface area contributed by atoms with Gasteiger partial charge >= 0.3 is 0 Å². The van der Waals surface area contributed by atoms with Crippen molar-refractivity contribution in [1.82, 2.24) is 0 Å². The lowest BCUT2D eigenvalue weighted by molar-refractivity contribution is 0.121. The van der Waals surface area contributed by atoms with Gasteiger partial charge in [0.1, 0.15) is 11.6 Å². The number of allylic oxidation sites excluding steroid dienone is 1. The highest BCUT2D eigenvalue weighted by Crippen LogP contribution is 2.37. The summed E-state index contributed by atoms with van der Waals surface area (Å²) in [6.45, 7) is 7.21. The van der Waals surface area contributed by atoms with Gasteiger partial charge in [0.05, 0.1) is 6.61 Å². The summed E-state index contributed by atoms with van der Waals surface area (Å²) in [5.41, 5.74) is 4.22. The third-order valence-electron chi connectivity index (χ3n) is 6.74. The van der Waals surface area contributed by atoms with E-state index in [4.69, 9.17) is 4.74 Å². The van der Waals surface area contributed by atoms with Crippen molar-refractivity contribution in [2.24, 2.45) is 5.92 Å². The van der Waals surface area contributed by atoms with Crippen LogP contribution in [0.3, 0.4) is 0 Å². The van der Waals surface area contributed by atoms with Gasteiger partial charge in [-0.05, 0) is 78.3 Å². The van der Waals surface area contributed by atoms with Gasteiger partial charge < -0.3 is 4.74 Å². The minimum atomic E-state index is -0.423. The molecule has 1 aliphatic rings. The maximum absolute atomic E-state index is 15.0. The van der Waals surface area contributed by atoms with Crippen LogP contribution in [-0.4, -0.2) is 6.61 Å². The van der Waals surface area contributed by atoms with E-state index in [1.807, 2.05) is 36.4 Å². The molecule has 0 atom stereocenters. The second kappa shape index (κ2) is 10.9. The standard InChI is InChI=1S/C30H32F2O/c1-3-17-33-20-22-7-11-25(12-8-22)27-18-30(32)28(19-29(27)31)26-15-13-24(14-16-26)23-9-5-21(4-2)6-10-23/h4,7-8,11-16,18-19,21,23H,2-3,5-6,9-10,17,20H2,1H3. The first-order valence-electron chi connectivity index (χ1n) is 12.0. The molecule has 4 rings (SSSR count). The lowest BCUT2D eigenvalue weighted by Crippen LogP contribution is -2.11. The van der Waals surface area contributed by atoms with E-state index in [1.165, 1.54) is 30.5 Å². The van der Waals surface area contributed by atoms with Gasteiger partial charge in [0.2, 0.25) is 0 Å². The first-order valence-corrected chi connectivity index (χ1v) is 12.0. The monoisotopic (exact) mass is 446 g/mol. The predicted octanol–water partition coefficient (Wildman–Crippen LogP) is 8.69. The van der Waals surface area contributed by atoms with Gasteiger partial charge in [-0.3, -0.25) is 0 Å². The smallest absolute Gasteiger partial charge is 0.131 e. The Hall–Kier alpha value is -2.78. The van der Waals surface area contributed by atoms with Crippen LogP contribution in [0, 0.1) is 17.6 Å². The molecule has 0 unspecified atom stereocenters. The molecule has 0 amide bonds. The zero-order valence-corrected chi connectivity index (χ0v) is 19.3. The lowest BCUT2D eigenvalue weighted by atomic mass is 9.78. The number of ether oxygens (including phenoxy) is 1. The Kier molecular flexibility index (Phi) is 7.72. The molecule has 3 aromatic rings. The van der Waals surface area contributed by atoms with Gasteiger partial charge in [-0.2, -0.15) is 0 Å². The van der Waals surface area contributed by atoms with Crippen molar-refractivity contribution in [3.8, 4) is 22.3 Å². The highest BCUT2D eigenvalue weighted by molar-refractivity contribution is 5.72. The number of benzene rings is 3. The first kappa shape index (κ1) is 23.4. The van der Waals surface area contributed by atoms with E-state index in [0.29, 0.717) is 41.7 Å². The van der Waals surface area contributed by atoms with Crippen LogP contribution in [0.15, 0.2) is 73.3 Å². The van der Waals surface area contributed by atoms with E-state index in [9.17, 15) is 4.39 Å². The van der Waals surface area contributed by atoms with Crippen LogP contribution in [0.4, 0.5) is 8.78 Å². The summed E-state index contributed by atoms with van der Waals surface area (Å²) in [4.78, 5) is 0. The summed E-state index contributed by atoms with van der Waals surface area (Å²) < 4.78 is 35.6. The molecule has 0 bridgehead atoms. The molecule has 3 aromatic carbocycles. The van der Waals surface area contributed by atoms with Crippen molar-refractivity contribution in [2.75, 3.05) is 6.61 Å². The van der Waals surface area contributed by atoms with E-state index < -0.39 is 11.6 Å². The number of halogens is 2. The molecule has 1 nitrogen and oxygen atoms in total. The van der Waals surface area contributed by atoms with Crippen LogP contribution < -0.4 is 0 Å². The van der Waals surface area contributed by atoms with Gasteiger partial charge in [-0.15, -0.1) is 6.58 Å². The minimum Gasteiger partial charge on any atom is -0.377 e. The highest BCUT2D eigenvalue weighted by Gasteiger charge is 2.21. The van der Waals surface area contributed by atoms with Gasteiger partial charge in [-0.1, -0.05) is 61.5 Å². The first-order chi connectivity index (χ1) is 16.1. The summed E-state index contributed by atoms with van der Waals surface area (Å²) in [5.74, 6) is 0.325. The Balaban J connectivity index is 1.49. The average Bonchev–Trinajstić information content (AvgIpc) is 2.86. The maximum Gasteiger partial charge on any atom is 0.131 e. The summed E-state index contributed by atoms with van der Waals surface area (Å²) >= 11 is 0. The maximum atomic E-state index is 15.0. The quantitative estimate of drug-likeness (QED) is 0.248. The molecule has 1 saturated carbocycles. The summed E-state index contributed by atoms with van der Waals surface area (Å²) in [5, 5.41) is 0. The van der Waals surface area contributed by atoms with Crippen LogP contribution >= 0.6 is 0 Å². The van der Waals surface area contributed by atoms with Crippen molar-refractivity contribution in [1.29, 1.82) is 0 Å². The van der Waals surface area contributed by atoms with E-state index in [0.717, 1.165) is 24.8 Å². The van der Waals surface area contributed by atoms with E-state index in [-0.39, 0.29) is 5.56 Å². The molecule has 33 heavy (non-hydrogen) atoms. The molecule has 0 heterocycles. The molecule has 0 N–H and O–H groups in total. The van der Waals surface area contributed by atoms with Crippen molar-refractivity contribution in [3.63, 3.8) is 0 Å². The Bertz CT molecular complexity index is 1060. The molecular formula is C30H32F2O. The van der Waals surface area contributed by atoms with E-state index >= 15 is 4.39 Å². The van der Waals surface area contributed by atoms with Crippen LogP contribution in [0.25, 0.3) is 22.3 Å². The second-order valence-electron chi connectivity index (χ2n) is 9.03. The fraction of sp³-hybridized carbons (Fsp3) is 0.333. The second-order valence-corrected chi connectivity index (χ2v) is 9.03. The summed E-state index contributed by atoms with van der Waals surface area (Å²) in [6.07, 6.45) is 7.67. The van der Waals surface area contributed by atoms with Gasteiger partial charge in [0.25, 0.3) is 0 Å². The Labute approximate surface area is 196 Å². The molecule has 1 aliphatic carbocycles. The zero-order chi connectivity index (χ0) is 23.2. The predicted molar refractivity (Wildman–Crippen MR) is 132 cm³/mol. The third kappa shape index (κ3) is 5.59. The normalized spacial score (nSPS) is 18.3. The SMILES string of the molecule is C=CC1CCC(c2ccc(-c3cc(F)c(-c4ccc(COCCC)cc4)cc3F)cc2)CC1. The van der Waals surface area contributed by atoms with Crippen molar-refractivity contribution in [2.45, 2.75) is 51.6 Å². The number of hydrogen-bond donors (Lipinski definition) is 0. The van der Waals surface area contributed by atoms with Crippen molar-refractivity contribution < 1.29 is 13.5 Å². The molecule has 0 saturated heterocycles. The van der Waals surface area contributed by atoms with Crippen LogP contribution in [0.5, 0.6) is 0 Å². The molecule has 1 fully saturated rings. The summed E-state index contributed by atoms with van der Waals surface area (Å²) in [7, 11) is 0. The number of rotatable bonds is 8. The summed E-state index contributed by atoms with van der Waals surface area (Å²) in [6, 6.07) is 18.0. The fourth-order valence-corrected chi connectivity index (χ4v) is 4.73. The molecule has 172 valence electrons. The Morgan fingerprint density at radius 1 is 0.848 bits per heavy atom. The number of hydrogen-bond acceptors (Lipinski definition) is 1. The zero-order valence-electron chi connectivity index (χ0n) is 19.3. The Morgan fingerprint density at radius 3 is 1.91 bits per heavy atom. The lowest BCUT2D eigenvalue weighted by Gasteiger charge is -2.27. The molecule has 3 heteroatoms. The highest BCUT2D eigenvalue weighted by atomic mass is 19.1. The van der Waals surface area contributed by atoms with Gasteiger partial charge in [-0.25, -0.2) is 8.78 Å². The third-order valence-corrected chi connectivity index (χ3v) is 6.74. The van der Waals surface area contributed by atoms with Crippen LogP contribution in [-0.2, 0) is 11.3 Å². The Morgan fingerprint density at radius 2 is 1.39 bits per heavy atom. The van der Waals surface area contributed by atoms with E-state index in [1.54, 1.807) is 0 Å². The van der Waals surface area contributed by atoms with Crippen molar-refractivity contribution in [3.05, 3.63) is 96.1 Å². The van der Waals surface area contributed by atoms with Crippen molar-refractivity contribution >= 4 is 0 Å². The van der Waals surface area contributed by atoms with Crippen LogP contribution in [0.2, 0.25) is 0 Å².